The van der Waals surface area contributed by atoms with Crippen molar-refractivity contribution in [2.24, 2.45) is 5.73 Å². The summed E-state index contributed by atoms with van der Waals surface area (Å²) in [5.41, 5.74) is 4.61. The van der Waals surface area contributed by atoms with Gasteiger partial charge >= 0.3 is 0 Å². The van der Waals surface area contributed by atoms with Crippen LogP contribution >= 0.6 is 0 Å². The lowest BCUT2D eigenvalue weighted by Crippen LogP contribution is -2.42. The number of rotatable bonds is 4. The first-order valence-electron chi connectivity index (χ1n) is 4.49. The molecule has 78 valence electrons. The van der Waals surface area contributed by atoms with E-state index in [9.17, 15) is 4.79 Å². The van der Waals surface area contributed by atoms with Crippen molar-refractivity contribution >= 4 is 5.91 Å². The predicted octanol–water partition coefficient (Wildman–Crippen LogP) is 0.698. The maximum absolute atomic E-state index is 10.8. The van der Waals surface area contributed by atoms with E-state index in [0.717, 1.165) is 0 Å². The van der Waals surface area contributed by atoms with Crippen LogP contribution in [0.15, 0.2) is 11.6 Å². The van der Waals surface area contributed by atoms with Crippen LogP contribution in [0.5, 0.6) is 0 Å². The predicted molar refractivity (Wildman–Crippen MR) is 55.2 cm³/mol. The molecule has 0 aliphatic rings. The standard InChI is InChI=1S/C10H17N3O/c1-7(2)13-10(3,4)5-8(6-11)9(12)14/h5,7,13H,1-4H3,(H2,12,14). The molecule has 0 saturated heterocycles. The van der Waals surface area contributed by atoms with Crippen LogP contribution in [-0.4, -0.2) is 17.5 Å². The van der Waals surface area contributed by atoms with Crippen molar-refractivity contribution in [2.75, 3.05) is 0 Å². The number of hydrogen-bond acceptors (Lipinski definition) is 3. The Hall–Kier alpha value is -1.34. The number of nitrogens with two attached hydrogens (primary N) is 1. The summed E-state index contributed by atoms with van der Waals surface area (Å²) >= 11 is 0. The van der Waals surface area contributed by atoms with Gasteiger partial charge in [-0.1, -0.05) is 13.8 Å². The minimum absolute atomic E-state index is 0.0110. The van der Waals surface area contributed by atoms with Crippen molar-refractivity contribution in [1.29, 1.82) is 5.26 Å². The van der Waals surface area contributed by atoms with Crippen molar-refractivity contribution in [2.45, 2.75) is 39.3 Å². The Balaban J connectivity index is 4.76. The molecule has 0 spiro atoms. The van der Waals surface area contributed by atoms with Gasteiger partial charge in [0, 0.05) is 11.6 Å². The number of carbonyl (C=O) groups is 1. The first-order chi connectivity index (χ1) is 6.28. The quantitative estimate of drug-likeness (QED) is 0.512. The SMILES string of the molecule is CC(C)NC(C)(C)C=C(C#N)C(N)=O. The van der Waals surface area contributed by atoms with Gasteiger partial charge in [0.05, 0.1) is 0 Å². The lowest BCUT2D eigenvalue weighted by atomic mass is 10.0. The molecule has 14 heavy (non-hydrogen) atoms. The van der Waals surface area contributed by atoms with Crippen LogP contribution in [-0.2, 0) is 4.79 Å². The third kappa shape index (κ3) is 4.63. The maximum Gasteiger partial charge on any atom is 0.259 e. The fourth-order valence-corrected chi connectivity index (χ4v) is 1.31. The Labute approximate surface area is 84.8 Å². The molecule has 0 aliphatic heterocycles. The number of nitrogens with one attached hydrogen (secondary N) is 1. The zero-order valence-electron chi connectivity index (χ0n) is 9.09. The molecule has 4 nitrogen and oxygen atoms in total. The minimum atomic E-state index is -0.689. The highest BCUT2D eigenvalue weighted by Crippen LogP contribution is 2.09. The van der Waals surface area contributed by atoms with Crippen molar-refractivity contribution in [3.63, 3.8) is 0 Å². The lowest BCUT2D eigenvalue weighted by molar-refractivity contribution is -0.114. The molecule has 0 aromatic rings. The summed E-state index contributed by atoms with van der Waals surface area (Å²) in [6.07, 6.45) is 1.55. The Bertz CT molecular complexity index is 284. The van der Waals surface area contributed by atoms with E-state index in [2.05, 4.69) is 5.32 Å². The maximum atomic E-state index is 10.8. The summed E-state index contributed by atoms with van der Waals surface area (Å²) in [6, 6.07) is 2.05. The molecular formula is C10H17N3O. The highest BCUT2D eigenvalue weighted by atomic mass is 16.1. The van der Waals surface area contributed by atoms with Gasteiger partial charge in [-0.05, 0) is 19.9 Å². The zero-order valence-corrected chi connectivity index (χ0v) is 9.09. The summed E-state index contributed by atoms with van der Waals surface area (Å²) < 4.78 is 0. The fourth-order valence-electron chi connectivity index (χ4n) is 1.31. The van der Waals surface area contributed by atoms with Gasteiger partial charge in [-0.25, -0.2) is 0 Å². The Morgan fingerprint density at radius 3 is 2.36 bits per heavy atom. The van der Waals surface area contributed by atoms with E-state index in [1.54, 1.807) is 12.1 Å². The van der Waals surface area contributed by atoms with Gasteiger partial charge in [-0.3, -0.25) is 4.79 Å². The molecule has 0 unspecified atom stereocenters. The van der Waals surface area contributed by atoms with Crippen LogP contribution in [0.25, 0.3) is 0 Å². The molecular weight excluding hydrogens is 178 g/mol. The Morgan fingerprint density at radius 1 is 1.57 bits per heavy atom. The molecule has 0 atom stereocenters. The number of primary amides is 1. The average molecular weight is 195 g/mol. The van der Waals surface area contributed by atoms with E-state index < -0.39 is 11.4 Å². The summed E-state index contributed by atoms with van der Waals surface area (Å²) in [4.78, 5) is 10.8. The largest absolute Gasteiger partial charge is 0.365 e. The molecule has 4 heteroatoms. The van der Waals surface area contributed by atoms with Crippen molar-refractivity contribution in [3.8, 4) is 6.07 Å². The molecule has 0 bridgehead atoms. The number of carbonyl (C=O) groups excluding carboxylic acids is 1. The first-order valence-corrected chi connectivity index (χ1v) is 4.49. The molecule has 3 N–H and O–H groups in total. The second-order valence-electron chi connectivity index (χ2n) is 4.05. The number of hydrogen-bond donors (Lipinski definition) is 2. The molecule has 0 aliphatic carbocycles. The summed E-state index contributed by atoms with van der Waals surface area (Å²) in [7, 11) is 0. The van der Waals surface area contributed by atoms with Gasteiger partial charge in [-0.15, -0.1) is 0 Å². The van der Waals surface area contributed by atoms with Crippen molar-refractivity contribution < 1.29 is 4.79 Å². The second-order valence-corrected chi connectivity index (χ2v) is 4.05. The minimum Gasteiger partial charge on any atom is -0.365 e. The number of amides is 1. The monoisotopic (exact) mass is 195 g/mol. The smallest absolute Gasteiger partial charge is 0.259 e. The van der Waals surface area contributed by atoms with Crippen LogP contribution in [0.3, 0.4) is 0 Å². The molecule has 0 rings (SSSR count). The van der Waals surface area contributed by atoms with E-state index in [-0.39, 0.29) is 11.6 Å². The number of nitriles is 1. The summed E-state index contributed by atoms with van der Waals surface area (Å²) in [6.45, 7) is 7.75. The van der Waals surface area contributed by atoms with E-state index in [4.69, 9.17) is 11.0 Å². The normalized spacial score (nSPS) is 12.7. The van der Waals surface area contributed by atoms with Crippen molar-refractivity contribution in [1.82, 2.24) is 5.32 Å². The van der Waals surface area contributed by atoms with E-state index >= 15 is 0 Å². The van der Waals surface area contributed by atoms with Crippen molar-refractivity contribution in [3.05, 3.63) is 11.6 Å². The third-order valence-electron chi connectivity index (χ3n) is 1.55. The molecule has 0 aromatic heterocycles. The highest BCUT2D eigenvalue weighted by Gasteiger charge is 2.18. The second kappa shape index (κ2) is 4.77. The molecule has 0 saturated carbocycles. The Morgan fingerprint density at radius 2 is 2.07 bits per heavy atom. The fraction of sp³-hybridized carbons (Fsp3) is 0.600. The van der Waals surface area contributed by atoms with E-state index in [0.29, 0.717) is 0 Å². The first kappa shape index (κ1) is 12.7. The van der Waals surface area contributed by atoms with Crippen LogP contribution in [0, 0.1) is 11.3 Å². The average Bonchev–Trinajstić information content (AvgIpc) is 1.97. The van der Waals surface area contributed by atoms with Gasteiger partial charge in [0.1, 0.15) is 11.6 Å². The summed E-state index contributed by atoms with van der Waals surface area (Å²) in [5, 5.41) is 11.9. The van der Waals surface area contributed by atoms with Gasteiger partial charge in [-0.2, -0.15) is 5.26 Å². The topological polar surface area (TPSA) is 78.9 Å². The number of nitrogens with zero attached hydrogens (tertiary/aromatic N) is 1. The van der Waals surface area contributed by atoms with Crippen LogP contribution in [0.4, 0.5) is 0 Å². The van der Waals surface area contributed by atoms with E-state index in [1.165, 1.54) is 0 Å². The van der Waals surface area contributed by atoms with Crippen LogP contribution in [0.2, 0.25) is 0 Å². The molecule has 0 radical (unpaired) electrons. The van der Waals surface area contributed by atoms with Gasteiger partial charge in [0.2, 0.25) is 0 Å². The lowest BCUT2D eigenvalue weighted by Gasteiger charge is -2.25. The zero-order chi connectivity index (χ0) is 11.4. The molecule has 1 amide bonds. The molecule has 0 fully saturated rings. The third-order valence-corrected chi connectivity index (χ3v) is 1.55. The van der Waals surface area contributed by atoms with Crippen LogP contribution < -0.4 is 11.1 Å². The van der Waals surface area contributed by atoms with Crippen LogP contribution in [0.1, 0.15) is 27.7 Å². The summed E-state index contributed by atoms with van der Waals surface area (Å²) in [5.74, 6) is -0.689. The highest BCUT2D eigenvalue weighted by molar-refractivity contribution is 5.96. The van der Waals surface area contributed by atoms with E-state index in [1.807, 2.05) is 27.7 Å². The molecule has 0 heterocycles. The Kier molecular flexibility index (Phi) is 4.32. The van der Waals surface area contributed by atoms with Gasteiger partial charge in [0.25, 0.3) is 5.91 Å². The molecule has 0 aromatic carbocycles. The van der Waals surface area contributed by atoms with Gasteiger partial charge < -0.3 is 11.1 Å². The van der Waals surface area contributed by atoms with Gasteiger partial charge in [0.15, 0.2) is 0 Å².